The van der Waals surface area contributed by atoms with Gasteiger partial charge in [-0.05, 0) is 24.5 Å². The van der Waals surface area contributed by atoms with Crippen molar-refractivity contribution in [2.75, 3.05) is 12.3 Å². The number of nitrogens with two attached hydrogens (primary N) is 3. The molecule has 2 rings (SSSR count). The molecule has 16 heteroatoms. The minimum Gasteiger partial charge on any atom is -0.481 e. The zero-order chi connectivity index (χ0) is 29.8. The molecule has 1 aromatic carbocycles. The maximum atomic E-state index is 12.9. The number of carbonyl (C=O) groups is 5. The molecule has 15 nitrogen and oxygen atoms in total. The summed E-state index contributed by atoms with van der Waals surface area (Å²) >= 11 is 4.05. The van der Waals surface area contributed by atoms with Gasteiger partial charge >= 0.3 is 11.9 Å². The molecular formula is C24H34N8O7S. The summed E-state index contributed by atoms with van der Waals surface area (Å²) in [6.45, 7) is 0.253. The van der Waals surface area contributed by atoms with Gasteiger partial charge in [0.1, 0.15) is 18.1 Å². The number of rotatable bonds is 16. The van der Waals surface area contributed by atoms with Crippen molar-refractivity contribution in [1.82, 2.24) is 20.9 Å². The Labute approximate surface area is 234 Å². The van der Waals surface area contributed by atoms with Crippen LogP contribution in [0.1, 0.15) is 24.8 Å². The van der Waals surface area contributed by atoms with Crippen LogP contribution in [0.3, 0.4) is 0 Å². The van der Waals surface area contributed by atoms with E-state index in [2.05, 4.69) is 38.6 Å². The van der Waals surface area contributed by atoms with Crippen LogP contribution in [0.15, 0.2) is 35.5 Å². The summed E-state index contributed by atoms with van der Waals surface area (Å²) in [4.78, 5) is 68.3. The second-order valence-corrected chi connectivity index (χ2v) is 9.29. The smallest absolute Gasteiger partial charge is 0.326 e. The predicted octanol–water partition coefficient (Wildman–Crippen LogP) is -1.97. The third-order valence-corrected chi connectivity index (χ3v) is 6.21. The Kier molecular flexibility index (Phi) is 12.2. The molecule has 1 aromatic heterocycles. The van der Waals surface area contributed by atoms with Gasteiger partial charge in [0.05, 0.1) is 12.5 Å². The van der Waals surface area contributed by atoms with Crippen LogP contribution in [-0.2, 0) is 30.4 Å². The van der Waals surface area contributed by atoms with Crippen LogP contribution in [0.25, 0.3) is 10.9 Å². The number of benzene rings is 1. The van der Waals surface area contributed by atoms with Crippen LogP contribution in [0, 0.1) is 0 Å². The van der Waals surface area contributed by atoms with Crippen molar-refractivity contribution in [3.05, 3.63) is 36.0 Å². The summed E-state index contributed by atoms with van der Waals surface area (Å²) in [5.41, 5.74) is 17.7. The van der Waals surface area contributed by atoms with Gasteiger partial charge in [0.15, 0.2) is 5.96 Å². The van der Waals surface area contributed by atoms with Crippen molar-refractivity contribution < 1.29 is 34.2 Å². The van der Waals surface area contributed by atoms with Crippen LogP contribution in [0.4, 0.5) is 0 Å². The standard InChI is InChI=1S/C24H34N8O7S/c25-14(5-3-7-28-24(26)27)20(35)32-18(11-40)22(37)30-16(9-19(33)34)21(36)31-17(23(38)39)8-12-10-29-15-6-2-1-4-13(12)15/h1-2,4,6,10,14,16-18,29,40H,3,5,7-9,11,25H2,(H,30,37)(H,31,36)(H,32,35)(H,33,34)(H,38,39)(H4,26,27,28)/t14-,16-,17-,18-/m0/s1. The Morgan fingerprint density at radius 1 is 0.950 bits per heavy atom. The molecule has 0 saturated heterocycles. The Balaban J connectivity index is 2.06. The lowest BCUT2D eigenvalue weighted by atomic mass is 10.0. The molecule has 0 radical (unpaired) electrons. The number of thiol groups is 1. The second kappa shape index (κ2) is 15.3. The molecule has 0 unspecified atom stereocenters. The lowest BCUT2D eigenvalue weighted by Crippen LogP contribution is -2.58. The maximum Gasteiger partial charge on any atom is 0.326 e. The van der Waals surface area contributed by atoms with Crippen molar-refractivity contribution >= 4 is 59.2 Å². The molecular weight excluding hydrogens is 544 g/mol. The maximum absolute atomic E-state index is 12.9. The van der Waals surface area contributed by atoms with Gasteiger partial charge in [0.25, 0.3) is 0 Å². The Bertz CT molecular complexity index is 1250. The number of carboxylic acids is 2. The summed E-state index contributed by atoms with van der Waals surface area (Å²) in [6, 6.07) is 1.87. The number of para-hydroxylation sites is 1. The number of nitrogens with zero attached hydrogens (tertiary/aromatic N) is 1. The monoisotopic (exact) mass is 578 g/mol. The number of H-pyrrole nitrogens is 1. The van der Waals surface area contributed by atoms with E-state index in [-0.39, 0.29) is 31.1 Å². The number of fused-ring (bicyclic) bond motifs is 1. The second-order valence-electron chi connectivity index (χ2n) is 8.92. The lowest BCUT2D eigenvalue weighted by Gasteiger charge is -2.24. The van der Waals surface area contributed by atoms with Crippen LogP contribution in [0.2, 0.25) is 0 Å². The molecule has 0 aliphatic carbocycles. The molecule has 40 heavy (non-hydrogen) atoms. The molecule has 0 spiro atoms. The van der Waals surface area contributed by atoms with Gasteiger partial charge in [0.2, 0.25) is 17.7 Å². The van der Waals surface area contributed by atoms with Crippen LogP contribution < -0.4 is 33.2 Å². The Hall–Kier alpha value is -4.31. The highest BCUT2D eigenvalue weighted by Crippen LogP contribution is 2.19. The van der Waals surface area contributed by atoms with E-state index in [0.29, 0.717) is 12.0 Å². The average Bonchev–Trinajstić information content (AvgIpc) is 3.30. The van der Waals surface area contributed by atoms with Gasteiger partial charge in [-0.25, -0.2) is 4.79 Å². The van der Waals surface area contributed by atoms with Crippen molar-refractivity contribution in [3.8, 4) is 0 Å². The highest BCUT2D eigenvalue weighted by atomic mass is 32.1. The molecule has 0 aliphatic rings. The number of amides is 3. The van der Waals surface area contributed by atoms with Gasteiger partial charge in [-0.15, -0.1) is 0 Å². The Morgan fingerprint density at radius 2 is 1.57 bits per heavy atom. The van der Waals surface area contributed by atoms with E-state index in [1.54, 1.807) is 18.3 Å². The fourth-order valence-electron chi connectivity index (χ4n) is 3.77. The summed E-state index contributed by atoms with van der Waals surface area (Å²) in [5, 5.41) is 26.7. The number of hydrogen-bond donors (Lipinski definition) is 10. The van der Waals surface area contributed by atoms with E-state index < -0.39 is 60.2 Å². The fraction of sp³-hybridized carbons (Fsp3) is 0.417. The van der Waals surface area contributed by atoms with Crippen LogP contribution in [0.5, 0.6) is 0 Å². The summed E-state index contributed by atoms with van der Waals surface area (Å²) < 4.78 is 0. The number of carboxylic acid groups (broad SMARTS) is 2. The molecule has 0 bridgehead atoms. The molecule has 1 heterocycles. The summed E-state index contributed by atoms with van der Waals surface area (Å²) in [5.74, 6) is -5.67. The van der Waals surface area contributed by atoms with Gasteiger partial charge in [-0.2, -0.15) is 12.6 Å². The largest absolute Gasteiger partial charge is 0.481 e. The minimum absolute atomic E-state index is 0.0996. The summed E-state index contributed by atoms with van der Waals surface area (Å²) in [7, 11) is 0. The molecule has 0 saturated carbocycles. The first-order valence-corrected chi connectivity index (χ1v) is 12.9. The predicted molar refractivity (Wildman–Crippen MR) is 149 cm³/mol. The van der Waals surface area contributed by atoms with E-state index >= 15 is 0 Å². The first-order valence-electron chi connectivity index (χ1n) is 12.3. The van der Waals surface area contributed by atoms with Gasteiger partial charge in [0, 0.05) is 35.8 Å². The number of nitrogens with one attached hydrogen (secondary N) is 4. The van der Waals surface area contributed by atoms with Crippen LogP contribution >= 0.6 is 12.6 Å². The van der Waals surface area contributed by atoms with E-state index in [9.17, 15) is 34.2 Å². The zero-order valence-corrected chi connectivity index (χ0v) is 22.4. The number of aromatic nitrogens is 1. The molecule has 12 N–H and O–H groups in total. The molecule has 4 atom stereocenters. The molecule has 2 aromatic rings. The molecule has 3 amide bonds. The first kappa shape index (κ1) is 31.9. The minimum atomic E-state index is -1.64. The van der Waals surface area contributed by atoms with E-state index in [4.69, 9.17) is 17.2 Å². The highest BCUT2D eigenvalue weighted by molar-refractivity contribution is 7.80. The van der Waals surface area contributed by atoms with Gasteiger partial charge < -0.3 is 48.3 Å². The van der Waals surface area contributed by atoms with E-state index in [0.717, 1.165) is 10.9 Å². The van der Waals surface area contributed by atoms with Crippen molar-refractivity contribution in [2.24, 2.45) is 22.2 Å². The number of aliphatic imine (C=N–C) groups is 1. The van der Waals surface area contributed by atoms with Gasteiger partial charge in [-0.1, -0.05) is 18.2 Å². The molecule has 0 fully saturated rings. The lowest BCUT2D eigenvalue weighted by molar-refractivity contribution is -0.143. The van der Waals surface area contributed by atoms with Crippen molar-refractivity contribution in [3.63, 3.8) is 0 Å². The fourth-order valence-corrected chi connectivity index (χ4v) is 4.03. The average molecular weight is 579 g/mol. The third-order valence-electron chi connectivity index (χ3n) is 5.85. The van der Waals surface area contributed by atoms with Crippen molar-refractivity contribution in [1.29, 1.82) is 0 Å². The van der Waals surface area contributed by atoms with E-state index in [1.165, 1.54) is 0 Å². The van der Waals surface area contributed by atoms with E-state index in [1.807, 2.05) is 12.1 Å². The Morgan fingerprint density at radius 3 is 2.20 bits per heavy atom. The third kappa shape index (κ3) is 9.77. The van der Waals surface area contributed by atoms with Crippen molar-refractivity contribution in [2.45, 2.75) is 49.9 Å². The number of guanidine groups is 1. The highest BCUT2D eigenvalue weighted by Gasteiger charge is 2.31. The molecule has 218 valence electrons. The number of carbonyl (C=O) groups excluding carboxylic acids is 3. The quantitative estimate of drug-likeness (QED) is 0.0454. The molecule has 0 aliphatic heterocycles. The zero-order valence-electron chi connectivity index (χ0n) is 21.5. The number of hydrogen-bond acceptors (Lipinski definition) is 8. The number of aromatic amines is 1. The normalized spacial score (nSPS) is 13.8. The summed E-state index contributed by atoms with van der Waals surface area (Å²) in [6.07, 6.45) is 1.29. The SMILES string of the molecule is NC(N)=NCCC[C@H](N)C(=O)N[C@@H](CS)C(=O)N[C@@H](CC(=O)O)C(=O)N[C@@H](Cc1c[nH]c2ccccc12)C(=O)O. The van der Waals surface area contributed by atoms with Gasteiger partial charge in [-0.3, -0.25) is 24.2 Å². The first-order chi connectivity index (χ1) is 18.9. The number of aliphatic carboxylic acids is 2. The topological polar surface area (TPSA) is 268 Å². The van der Waals surface area contributed by atoms with Crippen LogP contribution in [-0.4, -0.2) is 87.3 Å².